The van der Waals surface area contributed by atoms with Gasteiger partial charge in [-0.15, -0.1) is 0 Å². The van der Waals surface area contributed by atoms with Crippen LogP contribution >= 0.6 is 0 Å². The summed E-state index contributed by atoms with van der Waals surface area (Å²) < 4.78 is 5.35. The molecule has 35 heavy (non-hydrogen) atoms. The van der Waals surface area contributed by atoms with Crippen molar-refractivity contribution >= 4 is 29.7 Å². The van der Waals surface area contributed by atoms with E-state index in [-0.39, 0.29) is 30.1 Å². The quantitative estimate of drug-likeness (QED) is 0.115. The summed E-state index contributed by atoms with van der Waals surface area (Å²) in [6.07, 6.45) is 1.88. The number of non-ortho nitro benzene ring substituents is 1. The van der Waals surface area contributed by atoms with Gasteiger partial charge in [-0.25, -0.2) is 10.2 Å². The Morgan fingerprint density at radius 3 is 2.46 bits per heavy atom. The number of carbonyl (C=O) groups excluding carboxylic acids is 3. The van der Waals surface area contributed by atoms with Gasteiger partial charge in [0.1, 0.15) is 5.75 Å². The average molecular weight is 474 g/mol. The number of rotatable bonds is 10. The number of hydrogen-bond donors (Lipinski definition) is 2. The van der Waals surface area contributed by atoms with Gasteiger partial charge in [0, 0.05) is 30.7 Å². The molecule has 0 unspecified atom stereocenters. The zero-order chi connectivity index (χ0) is 25.0. The first-order chi connectivity index (χ1) is 16.9. The molecule has 3 rings (SSSR count). The summed E-state index contributed by atoms with van der Waals surface area (Å²) in [5, 5.41) is 17.3. The first kappa shape index (κ1) is 24.8. The van der Waals surface area contributed by atoms with E-state index < -0.39 is 16.8 Å². The molecule has 0 aliphatic rings. The van der Waals surface area contributed by atoms with Crippen molar-refractivity contribution in [2.24, 2.45) is 5.10 Å². The number of hydrazone groups is 1. The number of ether oxygens (including phenoxy) is 1. The molecule has 0 atom stereocenters. The third-order valence-electron chi connectivity index (χ3n) is 4.67. The number of carbonyl (C=O) groups is 3. The van der Waals surface area contributed by atoms with Gasteiger partial charge in [0.05, 0.1) is 16.7 Å². The highest BCUT2D eigenvalue weighted by Crippen LogP contribution is 2.15. The highest BCUT2D eigenvalue weighted by Gasteiger charge is 2.11. The maximum absolute atomic E-state index is 12.2. The molecule has 0 heterocycles. The number of esters is 1. The molecule has 2 amide bonds. The SMILES string of the molecule is O=C(CCCNC(=O)c1cccc([N+](=O)[O-])c1)NN=Cc1cccc(OC(=O)c2ccccc2)c1. The van der Waals surface area contributed by atoms with Crippen LogP contribution in [0.2, 0.25) is 0 Å². The molecule has 178 valence electrons. The van der Waals surface area contributed by atoms with E-state index in [0.717, 1.165) is 0 Å². The zero-order valence-electron chi connectivity index (χ0n) is 18.5. The molecule has 0 aliphatic heterocycles. The van der Waals surface area contributed by atoms with Crippen LogP contribution in [0.3, 0.4) is 0 Å². The lowest BCUT2D eigenvalue weighted by Crippen LogP contribution is -2.26. The van der Waals surface area contributed by atoms with E-state index in [2.05, 4.69) is 15.8 Å². The first-order valence-electron chi connectivity index (χ1n) is 10.6. The predicted molar refractivity (Wildman–Crippen MR) is 128 cm³/mol. The number of nitro benzene ring substituents is 1. The summed E-state index contributed by atoms with van der Waals surface area (Å²) in [7, 11) is 0. The lowest BCUT2D eigenvalue weighted by atomic mass is 10.2. The van der Waals surface area contributed by atoms with Crippen LogP contribution in [0.15, 0.2) is 84.0 Å². The van der Waals surface area contributed by atoms with E-state index in [1.165, 1.54) is 30.5 Å². The minimum absolute atomic E-state index is 0.112. The Hall–Kier alpha value is -4.86. The fraction of sp³-hybridized carbons (Fsp3) is 0.120. The lowest BCUT2D eigenvalue weighted by molar-refractivity contribution is -0.384. The molecular formula is C25H22N4O6. The molecule has 3 aromatic rings. The van der Waals surface area contributed by atoms with Gasteiger partial charge in [0.25, 0.3) is 11.6 Å². The highest BCUT2D eigenvalue weighted by atomic mass is 16.6. The Kier molecular flexibility index (Phi) is 8.78. The third kappa shape index (κ3) is 7.90. The Labute approximate surface area is 200 Å². The molecular weight excluding hydrogens is 452 g/mol. The Bertz CT molecular complexity index is 1240. The number of amides is 2. The fourth-order valence-corrected chi connectivity index (χ4v) is 2.95. The maximum Gasteiger partial charge on any atom is 0.343 e. The van der Waals surface area contributed by atoms with Crippen molar-refractivity contribution in [3.8, 4) is 5.75 Å². The number of nitrogens with zero attached hydrogens (tertiary/aromatic N) is 2. The van der Waals surface area contributed by atoms with Crippen molar-refractivity contribution in [3.63, 3.8) is 0 Å². The second-order valence-corrected chi connectivity index (χ2v) is 7.29. The van der Waals surface area contributed by atoms with Crippen molar-refractivity contribution in [2.45, 2.75) is 12.8 Å². The van der Waals surface area contributed by atoms with Crippen LogP contribution in [-0.2, 0) is 4.79 Å². The molecule has 0 saturated heterocycles. The van der Waals surface area contributed by atoms with Gasteiger partial charge in [-0.3, -0.25) is 19.7 Å². The molecule has 10 heteroatoms. The van der Waals surface area contributed by atoms with Crippen molar-refractivity contribution < 1.29 is 24.0 Å². The van der Waals surface area contributed by atoms with Crippen LogP contribution in [0.4, 0.5) is 5.69 Å². The number of nitro groups is 1. The van der Waals surface area contributed by atoms with Crippen LogP contribution < -0.4 is 15.5 Å². The summed E-state index contributed by atoms with van der Waals surface area (Å²) in [4.78, 5) is 46.4. The van der Waals surface area contributed by atoms with Gasteiger partial charge in [-0.2, -0.15) is 5.10 Å². The molecule has 0 aromatic heterocycles. The second-order valence-electron chi connectivity index (χ2n) is 7.29. The van der Waals surface area contributed by atoms with Gasteiger partial charge in [0.15, 0.2) is 0 Å². The van der Waals surface area contributed by atoms with Crippen molar-refractivity contribution in [1.82, 2.24) is 10.7 Å². The van der Waals surface area contributed by atoms with E-state index in [9.17, 15) is 24.5 Å². The fourth-order valence-electron chi connectivity index (χ4n) is 2.95. The van der Waals surface area contributed by atoms with E-state index >= 15 is 0 Å². The van der Waals surface area contributed by atoms with Gasteiger partial charge in [0.2, 0.25) is 5.91 Å². The molecule has 0 aliphatic carbocycles. The molecule has 0 fully saturated rings. The third-order valence-corrected chi connectivity index (χ3v) is 4.67. The summed E-state index contributed by atoms with van der Waals surface area (Å²) in [6, 6.07) is 20.7. The van der Waals surface area contributed by atoms with Crippen LogP contribution in [0.25, 0.3) is 0 Å². The predicted octanol–water partition coefficient (Wildman–Crippen LogP) is 3.47. The highest BCUT2D eigenvalue weighted by molar-refractivity contribution is 5.94. The van der Waals surface area contributed by atoms with Crippen molar-refractivity contribution in [2.75, 3.05) is 6.54 Å². The Morgan fingerprint density at radius 2 is 1.69 bits per heavy atom. The standard InChI is InChI=1S/C25H22N4O6/c30-23(13-6-14-26-24(31)20-10-5-11-21(16-20)29(33)34)28-27-17-18-7-4-12-22(15-18)35-25(32)19-8-2-1-3-9-19/h1-5,7-12,15-17H,6,13-14H2,(H,26,31)(H,28,30). The number of benzene rings is 3. The van der Waals surface area contributed by atoms with Gasteiger partial charge >= 0.3 is 5.97 Å². The summed E-state index contributed by atoms with van der Waals surface area (Å²) in [5.41, 5.74) is 3.44. The largest absolute Gasteiger partial charge is 0.423 e. The molecule has 0 saturated carbocycles. The van der Waals surface area contributed by atoms with Gasteiger partial charge in [-0.1, -0.05) is 36.4 Å². The topological polar surface area (TPSA) is 140 Å². The molecule has 2 N–H and O–H groups in total. The van der Waals surface area contributed by atoms with E-state index in [1.54, 1.807) is 54.6 Å². The molecule has 0 bridgehead atoms. The van der Waals surface area contributed by atoms with E-state index in [4.69, 9.17) is 4.74 Å². The minimum Gasteiger partial charge on any atom is -0.423 e. The minimum atomic E-state index is -0.574. The summed E-state index contributed by atoms with van der Waals surface area (Å²) in [6.45, 7) is 0.216. The van der Waals surface area contributed by atoms with Gasteiger partial charge < -0.3 is 10.1 Å². The maximum atomic E-state index is 12.2. The van der Waals surface area contributed by atoms with Crippen LogP contribution in [0.5, 0.6) is 5.75 Å². The normalized spacial score (nSPS) is 10.5. The summed E-state index contributed by atoms with van der Waals surface area (Å²) in [5.74, 6) is -0.948. The number of hydrogen-bond acceptors (Lipinski definition) is 7. The Morgan fingerprint density at radius 1 is 0.943 bits per heavy atom. The van der Waals surface area contributed by atoms with Crippen LogP contribution in [0.1, 0.15) is 39.1 Å². The average Bonchev–Trinajstić information content (AvgIpc) is 2.87. The second kappa shape index (κ2) is 12.4. The van der Waals surface area contributed by atoms with Crippen LogP contribution in [-0.4, -0.2) is 35.5 Å². The Balaban J connectivity index is 1.40. The van der Waals surface area contributed by atoms with Crippen molar-refractivity contribution in [1.29, 1.82) is 0 Å². The van der Waals surface area contributed by atoms with E-state index in [0.29, 0.717) is 23.3 Å². The monoisotopic (exact) mass is 474 g/mol. The first-order valence-corrected chi connectivity index (χ1v) is 10.6. The van der Waals surface area contributed by atoms with Crippen LogP contribution in [0, 0.1) is 10.1 Å². The smallest absolute Gasteiger partial charge is 0.343 e. The van der Waals surface area contributed by atoms with E-state index in [1.807, 2.05) is 0 Å². The molecule has 10 nitrogen and oxygen atoms in total. The van der Waals surface area contributed by atoms with Crippen molar-refractivity contribution in [3.05, 3.63) is 106 Å². The summed E-state index contributed by atoms with van der Waals surface area (Å²) >= 11 is 0. The molecule has 0 spiro atoms. The zero-order valence-corrected chi connectivity index (χ0v) is 18.5. The molecule has 3 aromatic carbocycles. The lowest BCUT2D eigenvalue weighted by Gasteiger charge is -2.05. The number of nitrogens with one attached hydrogen (secondary N) is 2. The van der Waals surface area contributed by atoms with Gasteiger partial charge in [-0.05, 0) is 42.3 Å². The molecule has 0 radical (unpaired) electrons.